The molecule has 0 unspecified atom stereocenters. The van der Waals surface area contributed by atoms with Crippen molar-refractivity contribution in [3.8, 4) is 28.0 Å². The number of benzene rings is 1. The normalized spacial score (nSPS) is 10.4. The lowest BCUT2D eigenvalue weighted by atomic mass is 10.2. The number of ether oxygens (including phenoxy) is 3. The first-order valence-electron chi connectivity index (χ1n) is 7.56. The van der Waals surface area contributed by atoms with Crippen LogP contribution in [0.5, 0.6) is 17.2 Å². The number of thiophene rings is 1. The molecule has 1 aromatic carbocycles. The van der Waals surface area contributed by atoms with Crippen LogP contribution in [0.3, 0.4) is 0 Å². The zero-order valence-electron chi connectivity index (χ0n) is 14.4. The van der Waals surface area contributed by atoms with Crippen LogP contribution >= 0.6 is 11.3 Å². The molecule has 0 spiro atoms. The van der Waals surface area contributed by atoms with Crippen molar-refractivity contribution in [1.29, 1.82) is 0 Å². The first kappa shape index (κ1) is 17.7. The lowest BCUT2D eigenvalue weighted by Gasteiger charge is -2.14. The van der Waals surface area contributed by atoms with Crippen molar-refractivity contribution in [3.05, 3.63) is 29.6 Å². The summed E-state index contributed by atoms with van der Waals surface area (Å²) in [5, 5.41) is 16.7. The second-order valence-corrected chi connectivity index (χ2v) is 6.03. The first-order valence-corrected chi connectivity index (χ1v) is 8.44. The van der Waals surface area contributed by atoms with Crippen molar-refractivity contribution >= 4 is 22.9 Å². The molecule has 0 saturated heterocycles. The standard InChI is InChI=1S/C16H17N5O4S/c1-23-11-7-10(8-12(24-2)15(11)25-3)17-14(22)9-21-19-16(18-20-21)13-5-4-6-26-13/h4-8H,9H2,1-3H3,(H,17,22). The van der Waals surface area contributed by atoms with Gasteiger partial charge < -0.3 is 19.5 Å². The van der Waals surface area contributed by atoms with E-state index in [1.54, 1.807) is 12.1 Å². The number of nitrogens with one attached hydrogen (secondary N) is 1. The van der Waals surface area contributed by atoms with E-state index in [1.165, 1.54) is 37.5 Å². The number of hydrogen-bond donors (Lipinski definition) is 1. The van der Waals surface area contributed by atoms with Gasteiger partial charge >= 0.3 is 0 Å². The van der Waals surface area contributed by atoms with Gasteiger partial charge in [0.15, 0.2) is 11.5 Å². The van der Waals surface area contributed by atoms with Gasteiger partial charge in [0.2, 0.25) is 17.5 Å². The molecule has 0 radical (unpaired) electrons. The summed E-state index contributed by atoms with van der Waals surface area (Å²) in [5.41, 5.74) is 0.503. The molecule has 0 aliphatic heterocycles. The Bertz CT molecular complexity index is 869. The van der Waals surface area contributed by atoms with Gasteiger partial charge in [0, 0.05) is 17.8 Å². The topological polar surface area (TPSA) is 100 Å². The van der Waals surface area contributed by atoms with Crippen LogP contribution in [-0.4, -0.2) is 47.4 Å². The molecular formula is C16H17N5O4S. The second kappa shape index (κ2) is 7.83. The number of anilines is 1. The maximum atomic E-state index is 12.3. The van der Waals surface area contributed by atoms with Crippen molar-refractivity contribution in [2.24, 2.45) is 0 Å². The minimum Gasteiger partial charge on any atom is -0.493 e. The fourth-order valence-corrected chi connectivity index (χ4v) is 2.94. The van der Waals surface area contributed by atoms with E-state index in [4.69, 9.17) is 14.2 Å². The molecule has 0 aliphatic carbocycles. The molecule has 9 nitrogen and oxygen atoms in total. The van der Waals surface area contributed by atoms with Gasteiger partial charge in [-0.05, 0) is 16.7 Å². The molecule has 3 rings (SSSR count). The number of tetrazole rings is 1. The van der Waals surface area contributed by atoms with E-state index in [1.807, 2.05) is 17.5 Å². The highest BCUT2D eigenvalue weighted by Crippen LogP contribution is 2.39. The summed E-state index contributed by atoms with van der Waals surface area (Å²) < 4.78 is 15.8. The lowest BCUT2D eigenvalue weighted by molar-refractivity contribution is -0.117. The molecule has 10 heteroatoms. The van der Waals surface area contributed by atoms with Crippen LogP contribution in [0, 0.1) is 0 Å². The summed E-state index contributed by atoms with van der Waals surface area (Å²) in [6.07, 6.45) is 0. The lowest BCUT2D eigenvalue weighted by Crippen LogP contribution is -2.20. The Labute approximate surface area is 153 Å². The smallest absolute Gasteiger partial charge is 0.248 e. The molecule has 0 aliphatic rings. The fraction of sp³-hybridized carbons (Fsp3) is 0.250. The van der Waals surface area contributed by atoms with Crippen LogP contribution in [0.2, 0.25) is 0 Å². The van der Waals surface area contributed by atoms with Gasteiger partial charge in [0.25, 0.3) is 0 Å². The van der Waals surface area contributed by atoms with Gasteiger partial charge in [-0.25, -0.2) is 0 Å². The molecule has 2 heterocycles. The highest BCUT2D eigenvalue weighted by Gasteiger charge is 2.15. The third-order valence-corrected chi connectivity index (χ3v) is 4.29. The number of methoxy groups -OCH3 is 3. The summed E-state index contributed by atoms with van der Waals surface area (Å²) in [4.78, 5) is 14.4. The van der Waals surface area contributed by atoms with E-state index < -0.39 is 0 Å². The third kappa shape index (κ3) is 3.75. The predicted octanol–water partition coefficient (Wildman–Crippen LogP) is 2.07. The number of rotatable bonds is 7. The van der Waals surface area contributed by atoms with Gasteiger partial charge in [-0.3, -0.25) is 4.79 Å². The fourth-order valence-electron chi connectivity index (χ4n) is 2.30. The zero-order chi connectivity index (χ0) is 18.5. The number of aromatic nitrogens is 4. The average Bonchev–Trinajstić information content (AvgIpc) is 3.32. The maximum Gasteiger partial charge on any atom is 0.248 e. The summed E-state index contributed by atoms with van der Waals surface area (Å²) in [6, 6.07) is 7.08. The van der Waals surface area contributed by atoms with Gasteiger partial charge in [-0.1, -0.05) is 6.07 Å². The van der Waals surface area contributed by atoms with Crippen LogP contribution in [0.1, 0.15) is 0 Å². The van der Waals surface area contributed by atoms with Crippen LogP contribution in [0.15, 0.2) is 29.6 Å². The van der Waals surface area contributed by atoms with Crippen LogP contribution in [-0.2, 0) is 11.3 Å². The highest BCUT2D eigenvalue weighted by molar-refractivity contribution is 7.13. The Kier molecular flexibility index (Phi) is 5.32. The molecule has 26 heavy (non-hydrogen) atoms. The largest absolute Gasteiger partial charge is 0.493 e. The predicted molar refractivity (Wildman–Crippen MR) is 95.9 cm³/mol. The maximum absolute atomic E-state index is 12.3. The van der Waals surface area contributed by atoms with Crippen LogP contribution < -0.4 is 19.5 Å². The Morgan fingerprint density at radius 2 is 1.92 bits per heavy atom. The number of nitrogens with zero attached hydrogens (tertiary/aromatic N) is 4. The molecule has 0 bridgehead atoms. The van der Waals surface area contributed by atoms with Crippen LogP contribution in [0.25, 0.3) is 10.7 Å². The number of carbonyl (C=O) groups excluding carboxylic acids is 1. The molecule has 1 amide bonds. The summed E-state index contributed by atoms with van der Waals surface area (Å²) in [7, 11) is 4.53. The number of amides is 1. The molecule has 3 aromatic rings. The zero-order valence-corrected chi connectivity index (χ0v) is 15.2. The van der Waals surface area contributed by atoms with Crippen molar-refractivity contribution in [2.75, 3.05) is 26.6 Å². The summed E-state index contributed by atoms with van der Waals surface area (Å²) in [5.74, 6) is 1.52. The summed E-state index contributed by atoms with van der Waals surface area (Å²) >= 11 is 1.50. The van der Waals surface area contributed by atoms with Crippen molar-refractivity contribution in [1.82, 2.24) is 20.2 Å². The Hall–Kier alpha value is -3.14. The van der Waals surface area contributed by atoms with E-state index in [0.29, 0.717) is 28.8 Å². The van der Waals surface area contributed by atoms with E-state index in [2.05, 4.69) is 20.7 Å². The van der Waals surface area contributed by atoms with E-state index >= 15 is 0 Å². The number of carbonyl (C=O) groups is 1. The van der Waals surface area contributed by atoms with E-state index in [0.717, 1.165) is 4.88 Å². The minimum absolute atomic E-state index is 0.0744. The number of hydrogen-bond acceptors (Lipinski definition) is 8. The molecule has 2 aromatic heterocycles. The Morgan fingerprint density at radius 1 is 1.19 bits per heavy atom. The average molecular weight is 375 g/mol. The van der Waals surface area contributed by atoms with Crippen molar-refractivity contribution < 1.29 is 19.0 Å². The molecule has 0 saturated carbocycles. The monoisotopic (exact) mass is 375 g/mol. The molecule has 0 fully saturated rings. The highest BCUT2D eigenvalue weighted by atomic mass is 32.1. The summed E-state index contributed by atoms with van der Waals surface area (Å²) in [6.45, 7) is -0.0744. The third-order valence-electron chi connectivity index (χ3n) is 3.43. The molecule has 136 valence electrons. The minimum atomic E-state index is -0.311. The first-order chi connectivity index (χ1) is 12.6. The SMILES string of the molecule is COc1cc(NC(=O)Cn2nnc(-c3cccs3)n2)cc(OC)c1OC. The van der Waals surface area contributed by atoms with Gasteiger partial charge in [0.05, 0.1) is 26.2 Å². The molecular weight excluding hydrogens is 358 g/mol. The molecule has 0 atom stereocenters. The molecule has 1 N–H and O–H groups in total. The van der Waals surface area contributed by atoms with Gasteiger partial charge in [-0.2, -0.15) is 4.80 Å². The van der Waals surface area contributed by atoms with Crippen molar-refractivity contribution in [3.63, 3.8) is 0 Å². The van der Waals surface area contributed by atoms with E-state index in [-0.39, 0.29) is 12.5 Å². The quantitative estimate of drug-likeness (QED) is 0.674. The van der Waals surface area contributed by atoms with Crippen molar-refractivity contribution in [2.45, 2.75) is 6.54 Å². The Morgan fingerprint density at radius 3 is 2.50 bits per heavy atom. The van der Waals surface area contributed by atoms with Crippen LogP contribution in [0.4, 0.5) is 5.69 Å². The van der Waals surface area contributed by atoms with Gasteiger partial charge in [0.1, 0.15) is 6.54 Å². The van der Waals surface area contributed by atoms with E-state index in [9.17, 15) is 4.79 Å². The Balaban J connectivity index is 1.72. The second-order valence-electron chi connectivity index (χ2n) is 5.08. The van der Waals surface area contributed by atoms with Gasteiger partial charge in [-0.15, -0.1) is 21.5 Å².